The maximum Gasteiger partial charge on any atom is 0.431 e. The summed E-state index contributed by atoms with van der Waals surface area (Å²) in [5, 5.41) is 8.24. The maximum atomic E-state index is 14.1. The Balaban J connectivity index is 2.76. The highest BCUT2D eigenvalue weighted by Gasteiger charge is 2.35. The largest absolute Gasteiger partial charge is 0.477 e. The van der Waals surface area contributed by atoms with Gasteiger partial charge in [0.1, 0.15) is 23.3 Å². The standard InChI is InChI=1S/C14H8ClF4N3O3/c1-21-11(14(17,18)19)6-12(23)22(13(21)24)9-5-10(25-3-2-20)7(15)4-8(9)16/h4-6H,3H2,1H3. The first-order chi connectivity index (χ1) is 11.6. The smallest absolute Gasteiger partial charge is 0.431 e. The van der Waals surface area contributed by atoms with Crippen molar-refractivity contribution in [2.45, 2.75) is 6.18 Å². The molecule has 0 aliphatic heterocycles. The molecule has 0 saturated heterocycles. The molecular weight excluding hydrogens is 370 g/mol. The zero-order valence-corrected chi connectivity index (χ0v) is 13.2. The molecule has 0 aliphatic rings. The summed E-state index contributed by atoms with van der Waals surface area (Å²) in [7, 11) is 0.794. The number of hydrogen-bond acceptors (Lipinski definition) is 4. The highest BCUT2D eigenvalue weighted by molar-refractivity contribution is 6.32. The fourth-order valence-electron chi connectivity index (χ4n) is 2.03. The van der Waals surface area contributed by atoms with E-state index in [9.17, 15) is 27.2 Å². The topological polar surface area (TPSA) is 77.0 Å². The lowest BCUT2D eigenvalue weighted by Crippen LogP contribution is -2.41. The van der Waals surface area contributed by atoms with Crippen LogP contribution in [0.1, 0.15) is 5.69 Å². The van der Waals surface area contributed by atoms with Crippen LogP contribution in [-0.4, -0.2) is 15.7 Å². The summed E-state index contributed by atoms with van der Waals surface area (Å²) < 4.78 is 57.9. The zero-order chi connectivity index (χ0) is 18.9. The van der Waals surface area contributed by atoms with Crippen molar-refractivity contribution < 1.29 is 22.3 Å². The van der Waals surface area contributed by atoms with E-state index in [1.54, 1.807) is 6.07 Å². The molecule has 0 unspecified atom stereocenters. The van der Waals surface area contributed by atoms with E-state index < -0.39 is 41.2 Å². The summed E-state index contributed by atoms with van der Waals surface area (Å²) in [5.74, 6) is -1.35. The fraction of sp³-hybridized carbons (Fsp3) is 0.214. The molecule has 25 heavy (non-hydrogen) atoms. The van der Waals surface area contributed by atoms with Crippen molar-refractivity contribution in [1.29, 1.82) is 5.26 Å². The molecule has 0 N–H and O–H groups in total. The lowest BCUT2D eigenvalue weighted by Gasteiger charge is -2.15. The fourth-order valence-corrected chi connectivity index (χ4v) is 2.23. The van der Waals surface area contributed by atoms with E-state index in [1.807, 2.05) is 0 Å². The van der Waals surface area contributed by atoms with E-state index >= 15 is 0 Å². The highest BCUT2D eigenvalue weighted by Crippen LogP contribution is 2.30. The van der Waals surface area contributed by atoms with E-state index in [0.29, 0.717) is 6.07 Å². The Morgan fingerprint density at radius 2 is 1.92 bits per heavy atom. The molecule has 11 heteroatoms. The van der Waals surface area contributed by atoms with Crippen molar-refractivity contribution in [3.05, 3.63) is 55.6 Å². The first kappa shape index (κ1) is 18.5. The molecule has 1 aromatic heterocycles. The van der Waals surface area contributed by atoms with E-state index in [1.165, 1.54) is 0 Å². The molecule has 2 aromatic rings. The molecule has 0 aliphatic carbocycles. The van der Waals surface area contributed by atoms with Crippen molar-refractivity contribution in [3.8, 4) is 17.5 Å². The van der Waals surface area contributed by atoms with Gasteiger partial charge in [0.15, 0.2) is 6.61 Å². The first-order valence-corrected chi connectivity index (χ1v) is 6.85. The Kier molecular flexibility index (Phi) is 4.89. The Morgan fingerprint density at radius 1 is 1.28 bits per heavy atom. The van der Waals surface area contributed by atoms with Gasteiger partial charge in [-0.3, -0.25) is 9.36 Å². The molecule has 2 rings (SSSR count). The van der Waals surface area contributed by atoms with Crippen molar-refractivity contribution in [3.63, 3.8) is 0 Å². The Bertz CT molecular complexity index is 989. The normalized spacial score (nSPS) is 11.2. The molecule has 0 spiro atoms. The van der Waals surface area contributed by atoms with E-state index in [2.05, 4.69) is 0 Å². The highest BCUT2D eigenvalue weighted by atomic mass is 35.5. The molecule has 1 heterocycles. The number of hydrogen-bond donors (Lipinski definition) is 0. The van der Waals surface area contributed by atoms with Gasteiger partial charge in [0.2, 0.25) is 0 Å². The lowest BCUT2D eigenvalue weighted by molar-refractivity contribution is -0.144. The second-order valence-electron chi connectivity index (χ2n) is 4.72. The van der Waals surface area contributed by atoms with Gasteiger partial charge >= 0.3 is 11.9 Å². The maximum absolute atomic E-state index is 14.1. The van der Waals surface area contributed by atoms with Crippen molar-refractivity contribution >= 4 is 11.6 Å². The van der Waals surface area contributed by atoms with Gasteiger partial charge in [-0.25, -0.2) is 13.8 Å². The third-order valence-electron chi connectivity index (χ3n) is 3.15. The average molecular weight is 378 g/mol. The van der Waals surface area contributed by atoms with Gasteiger partial charge in [0.05, 0.1) is 10.7 Å². The summed E-state index contributed by atoms with van der Waals surface area (Å²) in [6.45, 7) is -0.454. The van der Waals surface area contributed by atoms with Gasteiger partial charge in [-0.2, -0.15) is 18.4 Å². The number of alkyl halides is 3. The van der Waals surface area contributed by atoms with Crippen molar-refractivity contribution in [1.82, 2.24) is 9.13 Å². The van der Waals surface area contributed by atoms with Crippen LogP contribution in [0, 0.1) is 17.1 Å². The zero-order valence-electron chi connectivity index (χ0n) is 12.4. The van der Waals surface area contributed by atoms with Crippen LogP contribution in [0.25, 0.3) is 5.69 Å². The summed E-state index contributed by atoms with van der Waals surface area (Å²) in [6.07, 6.45) is -4.94. The van der Waals surface area contributed by atoms with Gasteiger partial charge in [-0.1, -0.05) is 11.6 Å². The monoisotopic (exact) mass is 377 g/mol. The lowest BCUT2D eigenvalue weighted by atomic mass is 10.2. The molecule has 132 valence electrons. The second-order valence-corrected chi connectivity index (χ2v) is 5.13. The van der Waals surface area contributed by atoms with Gasteiger partial charge in [-0.05, 0) is 6.07 Å². The number of benzene rings is 1. The number of nitrogens with zero attached hydrogens (tertiary/aromatic N) is 3. The molecule has 1 aromatic carbocycles. The number of halogens is 5. The number of rotatable bonds is 3. The van der Waals surface area contributed by atoms with Crippen LogP contribution in [-0.2, 0) is 13.2 Å². The van der Waals surface area contributed by atoms with E-state index in [4.69, 9.17) is 21.6 Å². The summed E-state index contributed by atoms with van der Waals surface area (Å²) >= 11 is 5.73. The third-order valence-corrected chi connectivity index (χ3v) is 3.44. The van der Waals surface area contributed by atoms with Crippen LogP contribution < -0.4 is 16.0 Å². The molecular formula is C14H8ClF4N3O3. The van der Waals surface area contributed by atoms with Crippen molar-refractivity contribution in [2.24, 2.45) is 7.05 Å². The summed E-state index contributed by atoms with van der Waals surface area (Å²) in [5.41, 5.74) is -4.93. The van der Waals surface area contributed by atoms with Gasteiger partial charge in [0.25, 0.3) is 5.56 Å². The van der Waals surface area contributed by atoms with Crippen LogP contribution in [0.5, 0.6) is 5.75 Å². The molecule has 0 amide bonds. The van der Waals surface area contributed by atoms with Crippen LogP contribution in [0.15, 0.2) is 27.8 Å². The first-order valence-electron chi connectivity index (χ1n) is 6.47. The van der Waals surface area contributed by atoms with Crippen LogP contribution in [0.4, 0.5) is 17.6 Å². The summed E-state index contributed by atoms with van der Waals surface area (Å²) in [6, 6.07) is 3.38. The predicted octanol–water partition coefficient (Wildman–Crippen LogP) is 2.25. The Labute approximate surface area is 142 Å². The predicted molar refractivity (Wildman–Crippen MR) is 78.4 cm³/mol. The van der Waals surface area contributed by atoms with Crippen LogP contribution >= 0.6 is 11.6 Å². The SMILES string of the molecule is Cn1c(C(F)(F)F)cc(=O)n(-c2cc(OCC#N)c(Cl)cc2F)c1=O. The molecule has 6 nitrogen and oxygen atoms in total. The van der Waals surface area contributed by atoms with Gasteiger partial charge in [-0.15, -0.1) is 0 Å². The number of ether oxygens (including phenoxy) is 1. The van der Waals surface area contributed by atoms with Gasteiger partial charge < -0.3 is 4.74 Å². The molecule has 0 fully saturated rings. The minimum Gasteiger partial charge on any atom is -0.477 e. The minimum absolute atomic E-state index is 0.172. The number of nitriles is 1. The minimum atomic E-state index is -4.94. The molecule has 0 radical (unpaired) electrons. The third kappa shape index (κ3) is 3.51. The Hall–Kier alpha value is -2.80. The quantitative estimate of drug-likeness (QED) is 0.769. The molecule has 0 atom stereocenters. The average Bonchev–Trinajstić information content (AvgIpc) is 2.50. The van der Waals surface area contributed by atoms with E-state index in [-0.39, 0.29) is 26.0 Å². The van der Waals surface area contributed by atoms with Crippen LogP contribution in [0.2, 0.25) is 5.02 Å². The van der Waals surface area contributed by atoms with Crippen LogP contribution in [0.3, 0.4) is 0 Å². The molecule has 0 saturated carbocycles. The van der Waals surface area contributed by atoms with Crippen molar-refractivity contribution in [2.75, 3.05) is 6.61 Å². The number of aromatic nitrogens is 2. The second kappa shape index (κ2) is 6.60. The Morgan fingerprint density at radius 3 is 2.48 bits per heavy atom. The van der Waals surface area contributed by atoms with E-state index in [0.717, 1.165) is 13.1 Å². The summed E-state index contributed by atoms with van der Waals surface area (Å²) in [4.78, 5) is 24.1. The molecule has 0 bridgehead atoms. The van der Waals surface area contributed by atoms with Gasteiger partial charge in [0, 0.05) is 19.2 Å².